The number of nitrogens with one attached hydrogen (secondary N) is 1. The lowest BCUT2D eigenvalue weighted by Crippen LogP contribution is -2.42. The summed E-state index contributed by atoms with van der Waals surface area (Å²) in [5.41, 5.74) is 6.00. The van der Waals surface area contributed by atoms with Crippen LogP contribution in [0.4, 0.5) is 11.4 Å². The van der Waals surface area contributed by atoms with Crippen LogP contribution in [0, 0.1) is 0 Å². The summed E-state index contributed by atoms with van der Waals surface area (Å²) in [4.78, 5) is 9.00. The van der Waals surface area contributed by atoms with Gasteiger partial charge in [0, 0.05) is 42.3 Å². The van der Waals surface area contributed by atoms with Crippen LogP contribution < -0.4 is 19.9 Å². The monoisotopic (exact) mass is 582 g/mol. The Morgan fingerprint density at radius 1 is 1.08 bits per heavy atom. The standard InChI is InChI=1S/C30H32Cl2N4O2S/c1-18-17-30(2,3)35(4)25-16-22(31)21(15-20(18)25)28-27(24-8-6-7-11-33-24)34-29(39)36(28)19-9-10-26(23(32)14-19)38-13-12-37-5/h6-11,14-17,27-28H,12-13H2,1-5H3,(H,34,39). The van der Waals surface area contributed by atoms with E-state index in [2.05, 4.69) is 66.1 Å². The van der Waals surface area contributed by atoms with Crippen molar-refractivity contribution in [2.75, 3.05) is 37.2 Å². The predicted molar refractivity (Wildman–Crippen MR) is 164 cm³/mol. The third-order valence-corrected chi connectivity index (χ3v) is 8.43. The first-order chi connectivity index (χ1) is 18.6. The smallest absolute Gasteiger partial charge is 0.174 e. The summed E-state index contributed by atoms with van der Waals surface area (Å²) in [5, 5.41) is 5.23. The maximum Gasteiger partial charge on any atom is 0.174 e. The van der Waals surface area contributed by atoms with Gasteiger partial charge in [0.15, 0.2) is 5.11 Å². The molecule has 204 valence electrons. The van der Waals surface area contributed by atoms with Gasteiger partial charge in [-0.15, -0.1) is 0 Å². The summed E-state index contributed by atoms with van der Waals surface area (Å²) in [6.07, 6.45) is 4.09. The highest BCUT2D eigenvalue weighted by molar-refractivity contribution is 7.80. The number of rotatable bonds is 7. The number of hydrogen-bond acceptors (Lipinski definition) is 5. The number of aromatic nitrogens is 1. The number of ether oxygens (including phenoxy) is 2. The summed E-state index contributed by atoms with van der Waals surface area (Å²) in [6.45, 7) is 7.44. The Kier molecular flexibility index (Phi) is 7.80. The first kappa shape index (κ1) is 27.7. The second-order valence-corrected chi connectivity index (χ2v) is 11.6. The molecule has 1 fully saturated rings. The number of halogens is 2. The van der Waals surface area contributed by atoms with Crippen molar-refractivity contribution in [3.8, 4) is 5.75 Å². The fourth-order valence-electron chi connectivity index (χ4n) is 5.36. The molecule has 0 amide bonds. The van der Waals surface area contributed by atoms with E-state index in [4.69, 9.17) is 44.9 Å². The minimum absolute atomic E-state index is 0.120. The molecule has 0 saturated carbocycles. The molecule has 2 aliphatic rings. The molecule has 1 aromatic heterocycles. The maximum atomic E-state index is 7.11. The highest BCUT2D eigenvalue weighted by atomic mass is 35.5. The van der Waals surface area contributed by atoms with Gasteiger partial charge in [-0.1, -0.05) is 35.3 Å². The summed E-state index contributed by atoms with van der Waals surface area (Å²) >= 11 is 19.7. The van der Waals surface area contributed by atoms with Crippen LogP contribution in [0.3, 0.4) is 0 Å². The van der Waals surface area contributed by atoms with Crippen LogP contribution in [-0.2, 0) is 4.74 Å². The van der Waals surface area contributed by atoms with Crippen molar-refractivity contribution >= 4 is 57.5 Å². The molecule has 0 spiro atoms. The largest absolute Gasteiger partial charge is 0.490 e. The molecule has 39 heavy (non-hydrogen) atoms. The van der Waals surface area contributed by atoms with Gasteiger partial charge in [-0.05, 0) is 86.6 Å². The van der Waals surface area contributed by atoms with Crippen LogP contribution in [0.2, 0.25) is 10.0 Å². The molecule has 6 nitrogen and oxygen atoms in total. The average molecular weight is 584 g/mol. The van der Waals surface area contributed by atoms with Gasteiger partial charge >= 0.3 is 0 Å². The topological polar surface area (TPSA) is 49.9 Å². The number of thiocarbonyl (C=S) groups is 1. The fourth-order valence-corrected chi connectivity index (χ4v) is 6.20. The Bertz CT molecular complexity index is 1430. The van der Waals surface area contributed by atoms with Crippen molar-refractivity contribution < 1.29 is 9.47 Å². The van der Waals surface area contributed by atoms with Crippen molar-refractivity contribution in [1.29, 1.82) is 0 Å². The minimum Gasteiger partial charge on any atom is -0.490 e. The first-order valence-electron chi connectivity index (χ1n) is 12.8. The van der Waals surface area contributed by atoms with Crippen LogP contribution in [0.15, 0.2) is 60.8 Å². The predicted octanol–water partition coefficient (Wildman–Crippen LogP) is 7.22. The zero-order valence-corrected chi connectivity index (χ0v) is 25.0. The number of fused-ring (bicyclic) bond motifs is 1. The number of pyridine rings is 1. The van der Waals surface area contributed by atoms with Gasteiger partial charge < -0.3 is 24.6 Å². The molecule has 3 aromatic rings. The molecule has 3 heterocycles. The van der Waals surface area contributed by atoms with Crippen LogP contribution in [-0.4, -0.2) is 43.0 Å². The zero-order valence-electron chi connectivity index (χ0n) is 22.7. The Labute approximate surface area is 245 Å². The molecule has 1 saturated heterocycles. The van der Waals surface area contributed by atoms with Gasteiger partial charge in [-0.2, -0.15) is 0 Å². The number of allylic oxidation sites excluding steroid dienone is 1. The van der Waals surface area contributed by atoms with Crippen LogP contribution >= 0.6 is 35.4 Å². The van der Waals surface area contributed by atoms with E-state index in [1.807, 2.05) is 36.4 Å². The highest BCUT2D eigenvalue weighted by Gasteiger charge is 2.42. The van der Waals surface area contributed by atoms with Crippen molar-refractivity contribution in [2.45, 2.75) is 38.4 Å². The Hall–Kier alpha value is -2.84. The van der Waals surface area contributed by atoms with Gasteiger partial charge in [0.25, 0.3) is 0 Å². The van der Waals surface area contributed by atoms with E-state index in [9.17, 15) is 0 Å². The lowest BCUT2D eigenvalue weighted by atomic mass is 9.86. The second kappa shape index (κ2) is 11.0. The Morgan fingerprint density at radius 2 is 1.87 bits per heavy atom. The number of hydrogen-bond donors (Lipinski definition) is 1. The van der Waals surface area contributed by atoms with Crippen LogP contribution in [0.5, 0.6) is 5.75 Å². The molecular weight excluding hydrogens is 551 g/mol. The molecule has 0 bridgehead atoms. The van der Waals surface area contributed by atoms with Crippen molar-refractivity contribution in [1.82, 2.24) is 10.3 Å². The Balaban J connectivity index is 1.63. The molecule has 2 atom stereocenters. The van der Waals surface area contributed by atoms with E-state index in [1.54, 1.807) is 13.3 Å². The van der Waals surface area contributed by atoms with Gasteiger partial charge in [-0.3, -0.25) is 4.98 Å². The number of anilines is 2. The van der Waals surface area contributed by atoms with Crippen molar-refractivity contribution in [3.63, 3.8) is 0 Å². The molecular formula is C30H32Cl2N4O2S. The van der Waals surface area contributed by atoms with Gasteiger partial charge in [0.1, 0.15) is 12.4 Å². The Morgan fingerprint density at radius 3 is 2.56 bits per heavy atom. The SMILES string of the molecule is COCCOc1ccc(N2C(=S)NC(c3ccccn3)C2c2cc3c(cc2Cl)N(C)C(C)(C)C=C3C)cc1Cl. The highest BCUT2D eigenvalue weighted by Crippen LogP contribution is 2.48. The molecule has 2 aliphatic heterocycles. The second-order valence-electron chi connectivity index (χ2n) is 10.4. The molecule has 5 rings (SSSR count). The van der Waals surface area contributed by atoms with Crippen LogP contribution in [0.25, 0.3) is 5.57 Å². The van der Waals surface area contributed by atoms with Gasteiger partial charge in [0.2, 0.25) is 0 Å². The van der Waals surface area contributed by atoms with E-state index in [0.29, 0.717) is 34.1 Å². The molecule has 0 radical (unpaired) electrons. The van der Waals surface area contributed by atoms with Crippen molar-refractivity contribution in [3.05, 3.63) is 87.7 Å². The van der Waals surface area contributed by atoms with E-state index in [0.717, 1.165) is 28.2 Å². The van der Waals surface area contributed by atoms with Crippen molar-refractivity contribution in [2.24, 2.45) is 0 Å². The fraction of sp³-hybridized carbons (Fsp3) is 0.333. The normalized spacial score (nSPS) is 20.0. The minimum atomic E-state index is -0.269. The third-order valence-electron chi connectivity index (χ3n) is 7.49. The number of benzene rings is 2. The van der Waals surface area contributed by atoms with E-state index in [1.165, 1.54) is 5.57 Å². The molecule has 1 N–H and O–H groups in total. The summed E-state index contributed by atoms with van der Waals surface area (Å²) in [7, 11) is 3.74. The average Bonchev–Trinajstić information content (AvgIpc) is 3.25. The number of methoxy groups -OCH3 is 1. The number of likely N-dealkylation sites (N-methyl/N-ethyl adjacent to an activating group) is 1. The first-order valence-corrected chi connectivity index (χ1v) is 14.0. The zero-order chi connectivity index (χ0) is 27.9. The summed E-state index contributed by atoms with van der Waals surface area (Å²) in [6, 6.07) is 15.4. The van der Waals surface area contributed by atoms with E-state index >= 15 is 0 Å². The molecule has 2 unspecified atom stereocenters. The summed E-state index contributed by atoms with van der Waals surface area (Å²) in [5.74, 6) is 0.589. The third kappa shape index (κ3) is 5.21. The lowest BCUT2D eigenvalue weighted by Gasteiger charge is -2.41. The van der Waals surface area contributed by atoms with Crippen LogP contribution in [0.1, 0.15) is 49.7 Å². The number of nitrogens with zero attached hydrogens (tertiary/aromatic N) is 3. The molecule has 9 heteroatoms. The van der Waals surface area contributed by atoms with Gasteiger partial charge in [-0.25, -0.2) is 0 Å². The van der Waals surface area contributed by atoms with Gasteiger partial charge in [0.05, 0.1) is 34.9 Å². The summed E-state index contributed by atoms with van der Waals surface area (Å²) < 4.78 is 10.9. The maximum absolute atomic E-state index is 7.11. The lowest BCUT2D eigenvalue weighted by molar-refractivity contribution is 0.146. The van der Waals surface area contributed by atoms with E-state index in [-0.39, 0.29) is 17.6 Å². The van der Waals surface area contributed by atoms with E-state index < -0.39 is 0 Å². The molecule has 2 aromatic carbocycles. The quantitative estimate of drug-likeness (QED) is 0.233. The molecule has 0 aliphatic carbocycles.